The van der Waals surface area contributed by atoms with Gasteiger partial charge in [-0.3, -0.25) is 9.80 Å². The second-order valence-corrected chi connectivity index (χ2v) is 9.30. The molecule has 0 bridgehead atoms. The molecule has 0 saturated heterocycles. The molecule has 0 aromatic heterocycles. The smallest absolute Gasteiger partial charge is 0.268 e. The van der Waals surface area contributed by atoms with Gasteiger partial charge >= 0.3 is 0 Å². The van der Waals surface area contributed by atoms with Gasteiger partial charge < -0.3 is 10.4 Å². The molecule has 1 aliphatic carbocycles. The highest BCUT2D eigenvalue weighted by Gasteiger charge is 2.40. The van der Waals surface area contributed by atoms with Gasteiger partial charge in [0.05, 0.1) is 16.8 Å². The quantitative estimate of drug-likeness (QED) is 0.525. The summed E-state index contributed by atoms with van der Waals surface area (Å²) in [5, 5.41) is 18.5. The summed E-state index contributed by atoms with van der Waals surface area (Å²) in [4.78, 5) is 13.1. The molecule has 32 heavy (non-hydrogen) atoms. The number of anilines is 1. The first-order chi connectivity index (χ1) is 15.4. The average Bonchev–Trinajstić information content (AvgIpc) is 3.13. The summed E-state index contributed by atoms with van der Waals surface area (Å²) in [6.07, 6.45) is 5.62. The van der Waals surface area contributed by atoms with Crippen LogP contribution in [-0.4, -0.2) is 29.9 Å². The van der Waals surface area contributed by atoms with E-state index in [1.807, 2.05) is 42.3 Å². The van der Waals surface area contributed by atoms with Gasteiger partial charge in [0.15, 0.2) is 0 Å². The van der Waals surface area contributed by atoms with E-state index in [-0.39, 0.29) is 23.9 Å². The zero-order valence-electron chi connectivity index (χ0n) is 18.2. The third kappa shape index (κ3) is 5.57. The predicted octanol–water partition coefficient (Wildman–Crippen LogP) is 6.26. The fraction of sp³-hybridized carbons (Fsp3) is 0.417. The minimum absolute atomic E-state index is 0.0963. The van der Waals surface area contributed by atoms with E-state index in [4.69, 9.17) is 45.0 Å². The van der Waals surface area contributed by atoms with Crippen molar-refractivity contribution in [1.82, 2.24) is 5.32 Å². The van der Waals surface area contributed by atoms with Crippen molar-refractivity contribution < 1.29 is 9.90 Å². The number of hydrogen-bond donors (Lipinski definition) is 2. The Bertz CT molecular complexity index is 959. The van der Waals surface area contributed by atoms with Gasteiger partial charge in [0, 0.05) is 29.1 Å². The third-order valence-electron chi connectivity index (χ3n) is 5.92. The molecular formula is C24H28Cl3N3O2. The summed E-state index contributed by atoms with van der Waals surface area (Å²) in [6, 6.07) is 13.0. The summed E-state index contributed by atoms with van der Waals surface area (Å²) in [7, 11) is 1.00. The summed E-state index contributed by atoms with van der Waals surface area (Å²) in [5.41, 5.74) is 2.25. The van der Waals surface area contributed by atoms with Crippen LogP contribution >= 0.6 is 34.8 Å². The van der Waals surface area contributed by atoms with Gasteiger partial charge in [0.25, 0.3) is 5.91 Å². The van der Waals surface area contributed by atoms with Crippen molar-refractivity contribution >= 4 is 52.1 Å². The Morgan fingerprint density at radius 3 is 2.25 bits per heavy atom. The van der Waals surface area contributed by atoms with Crippen LogP contribution < -0.4 is 10.3 Å². The van der Waals surface area contributed by atoms with Crippen LogP contribution in [0.1, 0.15) is 50.6 Å². The molecule has 1 amide bonds. The number of aliphatic hydroxyl groups is 1. The van der Waals surface area contributed by atoms with Crippen molar-refractivity contribution in [2.45, 2.75) is 51.1 Å². The standard InChI is InChI=1S/C23H24Cl3N3O.CH4O/c1-14-21(23(30)27-18-5-3-2-4-6-18)28-29(20-12-11-17(25)13-19(20)26)22(14)15-7-9-16(24)10-8-15;1-2/h7-14,18,22H,2-6H2,1H3,(H,27,30);2H,1H3. The first kappa shape index (κ1) is 24.8. The highest BCUT2D eigenvalue weighted by molar-refractivity contribution is 6.41. The number of benzene rings is 2. The summed E-state index contributed by atoms with van der Waals surface area (Å²) in [5.74, 6) is -0.220. The molecule has 8 heteroatoms. The number of carbonyl (C=O) groups is 1. The van der Waals surface area contributed by atoms with Crippen molar-refractivity contribution in [3.05, 3.63) is 63.1 Å². The van der Waals surface area contributed by atoms with Crippen LogP contribution in [0.4, 0.5) is 5.69 Å². The van der Waals surface area contributed by atoms with Crippen LogP contribution in [0.2, 0.25) is 15.1 Å². The Morgan fingerprint density at radius 1 is 1.00 bits per heavy atom. The lowest BCUT2D eigenvalue weighted by Gasteiger charge is -2.28. The average molecular weight is 497 g/mol. The first-order valence-corrected chi connectivity index (χ1v) is 11.9. The van der Waals surface area contributed by atoms with E-state index >= 15 is 0 Å². The Hall–Kier alpha value is -1.79. The van der Waals surface area contributed by atoms with Crippen LogP contribution in [-0.2, 0) is 4.79 Å². The van der Waals surface area contributed by atoms with E-state index < -0.39 is 0 Å². The lowest BCUT2D eigenvalue weighted by atomic mass is 9.90. The third-order valence-corrected chi connectivity index (χ3v) is 6.71. The summed E-state index contributed by atoms with van der Waals surface area (Å²) in [6.45, 7) is 2.03. The highest BCUT2D eigenvalue weighted by Crippen LogP contribution is 2.42. The number of nitrogens with zero attached hydrogens (tertiary/aromatic N) is 2. The number of amides is 1. The monoisotopic (exact) mass is 495 g/mol. The van der Waals surface area contributed by atoms with Crippen LogP contribution in [0.15, 0.2) is 47.6 Å². The molecule has 2 aliphatic rings. The Morgan fingerprint density at radius 2 is 1.62 bits per heavy atom. The minimum atomic E-state index is -0.173. The van der Waals surface area contributed by atoms with E-state index in [1.54, 1.807) is 12.1 Å². The van der Waals surface area contributed by atoms with Gasteiger partial charge in [0.2, 0.25) is 0 Å². The molecule has 1 heterocycles. The lowest BCUT2D eigenvalue weighted by molar-refractivity contribution is -0.115. The van der Waals surface area contributed by atoms with E-state index in [2.05, 4.69) is 5.32 Å². The fourth-order valence-electron chi connectivity index (χ4n) is 4.35. The molecule has 0 spiro atoms. The molecular weight excluding hydrogens is 469 g/mol. The summed E-state index contributed by atoms with van der Waals surface area (Å²) < 4.78 is 0. The van der Waals surface area contributed by atoms with Crippen LogP contribution in [0.3, 0.4) is 0 Å². The van der Waals surface area contributed by atoms with Gasteiger partial charge in [-0.2, -0.15) is 5.10 Å². The second-order valence-electron chi connectivity index (χ2n) is 8.02. The maximum atomic E-state index is 13.1. The Kier molecular flexibility index (Phi) is 8.83. The van der Waals surface area contributed by atoms with Crippen molar-refractivity contribution in [1.29, 1.82) is 0 Å². The molecule has 1 fully saturated rings. The molecule has 172 valence electrons. The number of nitrogens with one attached hydrogen (secondary N) is 1. The molecule has 1 aliphatic heterocycles. The van der Waals surface area contributed by atoms with Crippen LogP contribution in [0.25, 0.3) is 0 Å². The molecule has 2 aromatic rings. The van der Waals surface area contributed by atoms with Crippen molar-refractivity contribution in [2.24, 2.45) is 11.0 Å². The maximum absolute atomic E-state index is 13.1. The molecule has 4 rings (SSSR count). The predicted molar refractivity (Wildman–Crippen MR) is 133 cm³/mol. The number of aliphatic hydroxyl groups excluding tert-OH is 1. The normalized spacial score (nSPS) is 20.9. The van der Waals surface area contributed by atoms with Gasteiger partial charge in [-0.05, 0) is 48.7 Å². The van der Waals surface area contributed by atoms with E-state index in [1.165, 1.54) is 6.42 Å². The molecule has 5 nitrogen and oxygen atoms in total. The lowest BCUT2D eigenvalue weighted by Crippen LogP contribution is -2.41. The number of hydrazone groups is 1. The van der Waals surface area contributed by atoms with E-state index in [0.717, 1.165) is 38.4 Å². The van der Waals surface area contributed by atoms with Gasteiger partial charge in [0.1, 0.15) is 5.71 Å². The molecule has 0 radical (unpaired) electrons. The first-order valence-electron chi connectivity index (χ1n) is 10.8. The minimum Gasteiger partial charge on any atom is -0.400 e. The topological polar surface area (TPSA) is 64.9 Å². The second kappa shape index (κ2) is 11.4. The number of hydrogen-bond acceptors (Lipinski definition) is 4. The molecule has 2 atom stereocenters. The Balaban J connectivity index is 0.00000141. The van der Waals surface area contributed by atoms with Gasteiger partial charge in [-0.1, -0.05) is 73.1 Å². The number of carbonyl (C=O) groups excluding carboxylic acids is 1. The molecule has 1 saturated carbocycles. The van der Waals surface area contributed by atoms with Crippen molar-refractivity contribution in [3.63, 3.8) is 0 Å². The number of halogens is 3. The molecule has 2 N–H and O–H groups in total. The number of rotatable bonds is 4. The van der Waals surface area contributed by atoms with E-state index in [0.29, 0.717) is 26.5 Å². The maximum Gasteiger partial charge on any atom is 0.268 e. The zero-order chi connectivity index (χ0) is 23.3. The summed E-state index contributed by atoms with van der Waals surface area (Å²) >= 11 is 18.7. The van der Waals surface area contributed by atoms with E-state index in [9.17, 15) is 4.79 Å². The zero-order valence-corrected chi connectivity index (χ0v) is 20.5. The fourth-order valence-corrected chi connectivity index (χ4v) is 4.97. The van der Waals surface area contributed by atoms with Crippen LogP contribution in [0, 0.1) is 5.92 Å². The SMILES string of the molecule is CC1C(C(=O)NC2CCCCC2)=NN(c2ccc(Cl)cc2Cl)C1c1ccc(Cl)cc1.CO. The van der Waals surface area contributed by atoms with Crippen molar-refractivity contribution in [2.75, 3.05) is 12.1 Å². The molecule has 2 unspecified atom stereocenters. The largest absolute Gasteiger partial charge is 0.400 e. The van der Waals surface area contributed by atoms with Gasteiger partial charge in [-0.15, -0.1) is 0 Å². The molecule has 2 aromatic carbocycles. The van der Waals surface area contributed by atoms with Crippen molar-refractivity contribution in [3.8, 4) is 0 Å². The Labute approximate surface area is 204 Å². The van der Waals surface area contributed by atoms with Gasteiger partial charge in [-0.25, -0.2) is 0 Å². The van der Waals surface area contributed by atoms with Crippen LogP contribution in [0.5, 0.6) is 0 Å². The highest BCUT2D eigenvalue weighted by atomic mass is 35.5.